The van der Waals surface area contributed by atoms with E-state index in [-0.39, 0.29) is 0 Å². The summed E-state index contributed by atoms with van der Waals surface area (Å²) in [6.45, 7) is 5.40. The Labute approximate surface area is 109 Å². The topological polar surface area (TPSA) is 61.6 Å². The van der Waals surface area contributed by atoms with Crippen LogP contribution in [-0.4, -0.2) is 16.5 Å². The average molecular weight is 246 g/mol. The smallest absolute Gasteiger partial charge is 0.223 e. The van der Waals surface area contributed by atoms with Gasteiger partial charge in [-0.25, -0.2) is 9.97 Å². The molecular formula is C14H22N4. The van der Waals surface area contributed by atoms with Gasteiger partial charge in [0.2, 0.25) is 5.95 Å². The third kappa shape index (κ3) is 6.19. The molecule has 4 heteroatoms. The van der Waals surface area contributed by atoms with Gasteiger partial charge < -0.3 is 5.32 Å². The summed E-state index contributed by atoms with van der Waals surface area (Å²) in [7, 11) is 0. The molecule has 0 aromatic carbocycles. The van der Waals surface area contributed by atoms with E-state index in [2.05, 4.69) is 29.1 Å². The van der Waals surface area contributed by atoms with Crippen molar-refractivity contribution in [1.82, 2.24) is 9.97 Å². The van der Waals surface area contributed by atoms with Crippen molar-refractivity contribution in [2.75, 3.05) is 11.9 Å². The Hall–Kier alpha value is -1.63. The first-order chi connectivity index (χ1) is 8.72. The van der Waals surface area contributed by atoms with Gasteiger partial charge in [-0.1, -0.05) is 39.5 Å². The fraction of sp³-hybridized carbons (Fsp3) is 0.643. The van der Waals surface area contributed by atoms with Crippen molar-refractivity contribution < 1.29 is 0 Å². The average Bonchev–Trinajstić information content (AvgIpc) is 2.37. The maximum absolute atomic E-state index is 8.71. The van der Waals surface area contributed by atoms with Gasteiger partial charge in [0.05, 0.1) is 0 Å². The number of unbranched alkanes of at least 4 members (excludes halogenated alkanes) is 3. The van der Waals surface area contributed by atoms with Gasteiger partial charge in [-0.05, 0) is 18.4 Å². The summed E-state index contributed by atoms with van der Waals surface area (Å²) in [6.07, 6.45) is 7.89. The van der Waals surface area contributed by atoms with Crippen LogP contribution in [0.15, 0.2) is 12.3 Å². The molecule has 0 atom stereocenters. The number of nitrogens with zero attached hydrogens (tertiary/aromatic N) is 3. The Morgan fingerprint density at radius 1 is 1.28 bits per heavy atom. The predicted octanol–water partition coefficient (Wildman–Crippen LogP) is 3.37. The summed E-state index contributed by atoms with van der Waals surface area (Å²) in [6, 6.07) is 3.61. The van der Waals surface area contributed by atoms with Crippen molar-refractivity contribution >= 4 is 5.95 Å². The molecule has 1 N–H and O–H groups in total. The second kappa shape index (κ2) is 8.46. The monoisotopic (exact) mass is 246 g/mol. The van der Waals surface area contributed by atoms with E-state index in [1.807, 2.05) is 6.07 Å². The van der Waals surface area contributed by atoms with E-state index in [1.54, 1.807) is 12.3 Å². The van der Waals surface area contributed by atoms with Crippen LogP contribution in [0.25, 0.3) is 0 Å². The molecule has 0 unspecified atom stereocenters. The molecule has 0 spiro atoms. The number of nitrogens with one attached hydrogen (secondary N) is 1. The molecule has 98 valence electrons. The SMILES string of the molecule is CC(C)CCCCCCNc1nccc(C#N)n1. The number of hydrogen-bond acceptors (Lipinski definition) is 4. The van der Waals surface area contributed by atoms with Gasteiger partial charge in [0.25, 0.3) is 0 Å². The van der Waals surface area contributed by atoms with Crippen molar-refractivity contribution in [2.45, 2.75) is 46.0 Å². The molecule has 0 fully saturated rings. The van der Waals surface area contributed by atoms with Crippen LogP contribution in [0, 0.1) is 17.2 Å². The van der Waals surface area contributed by atoms with Crippen molar-refractivity contribution in [3.8, 4) is 6.07 Å². The molecule has 0 saturated carbocycles. The predicted molar refractivity (Wildman–Crippen MR) is 73.2 cm³/mol. The van der Waals surface area contributed by atoms with E-state index in [4.69, 9.17) is 5.26 Å². The first-order valence-electron chi connectivity index (χ1n) is 6.69. The van der Waals surface area contributed by atoms with Crippen LogP contribution in [0.2, 0.25) is 0 Å². The second-order valence-electron chi connectivity index (χ2n) is 4.90. The number of rotatable bonds is 8. The maximum atomic E-state index is 8.71. The lowest BCUT2D eigenvalue weighted by atomic mass is 10.0. The van der Waals surface area contributed by atoms with E-state index in [9.17, 15) is 0 Å². The molecule has 0 aliphatic carbocycles. The quantitative estimate of drug-likeness (QED) is 0.714. The second-order valence-corrected chi connectivity index (χ2v) is 4.90. The third-order valence-electron chi connectivity index (χ3n) is 2.76. The lowest BCUT2D eigenvalue weighted by molar-refractivity contribution is 0.523. The van der Waals surface area contributed by atoms with Crippen LogP contribution >= 0.6 is 0 Å². The van der Waals surface area contributed by atoms with E-state index in [0.29, 0.717) is 11.6 Å². The Morgan fingerprint density at radius 2 is 2.06 bits per heavy atom. The Morgan fingerprint density at radius 3 is 2.78 bits per heavy atom. The normalized spacial score (nSPS) is 10.3. The van der Waals surface area contributed by atoms with Gasteiger partial charge in [-0.3, -0.25) is 0 Å². The molecule has 0 amide bonds. The maximum Gasteiger partial charge on any atom is 0.223 e. The zero-order valence-corrected chi connectivity index (χ0v) is 11.3. The van der Waals surface area contributed by atoms with Crippen molar-refractivity contribution in [3.63, 3.8) is 0 Å². The number of hydrogen-bond donors (Lipinski definition) is 1. The van der Waals surface area contributed by atoms with Gasteiger partial charge in [0.1, 0.15) is 11.8 Å². The highest BCUT2D eigenvalue weighted by molar-refractivity contribution is 5.29. The highest BCUT2D eigenvalue weighted by Crippen LogP contribution is 2.09. The summed E-state index contributed by atoms with van der Waals surface area (Å²) in [5.74, 6) is 1.36. The first kappa shape index (κ1) is 14.4. The van der Waals surface area contributed by atoms with Gasteiger partial charge in [0, 0.05) is 12.7 Å². The van der Waals surface area contributed by atoms with E-state index < -0.39 is 0 Å². The van der Waals surface area contributed by atoms with Crippen molar-refractivity contribution in [1.29, 1.82) is 5.26 Å². The Kier molecular flexibility index (Phi) is 6.78. The van der Waals surface area contributed by atoms with E-state index in [1.165, 1.54) is 25.7 Å². The first-order valence-corrected chi connectivity index (χ1v) is 6.69. The largest absolute Gasteiger partial charge is 0.354 e. The molecule has 4 nitrogen and oxygen atoms in total. The minimum absolute atomic E-state index is 0.407. The summed E-state index contributed by atoms with van der Waals surface area (Å²) in [5.41, 5.74) is 0.407. The molecule has 0 bridgehead atoms. The van der Waals surface area contributed by atoms with Crippen LogP contribution < -0.4 is 5.32 Å². The number of nitriles is 1. The molecule has 1 aromatic rings. The molecule has 18 heavy (non-hydrogen) atoms. The standard InChI is InChI=1S/C14H22N4/c1-12(2)7-5-3-4-6-9-16-14-17-10-8-13(11-15)18-14/h8,10,12H,3-7,9H2,1-2H3,(H,16,17,18). The van der Waals surface area contributed by atoms with Crippen LogP contribution in [0.5, 0.6) is 0 Å². The fourth-order valence-corrected chi connectivity index (χ4v) is 1.74. The summed E-state index contributed by atoms with van der Waals surface area (Å²) < 4.78 is 0. The summed E-state index contributed by atoms with van der Waals surface area (Å²) in [4.78, 5) is 8.14. The third-order valence-corrected chi connectivity index (χ3v) is 2.76. The van der Waals surface area contributed by atoms with Crippen molar-refractivity contribution in [2.24, 2.45) is 5.92 Å². The summed E-state index contributed by atoms with van der Waals surface area (Å²) >= 11 is 0. The van der Waals surface area contributed by atoms with Crippen LogP contribution in [0.4, 0.5) is 5.95 Å². The lowest BCUT2D eigenvalue weighted by Gasteiger charge is -2.05. The fourth-order valence-electron chi connectivity index (χ4n) is 1.74. The van der Waals surface area contributed by atoms with Gasteiger partial charge in [0.15, 0.2) is 0 Å². The lowest BCUT2D eigenvalue weighted by Crippen LogP contribution is -2.05. The zero-order valence-electron chi connectivity index (χ0n) is 11.3. The van der Waals surface area contributed by atoms with Gasteiger partial charge in [-0.15, -0.1) is 0 Å². The Balaban J connectivity index is 2.09. The molecule has 0 saturated heterocycles. The Bertz CT molecular complexity index is 382. The minimum atomic E-state index is 0.407. The van der Waals surface area contributed by atoms with E-state index >= 15 is 0 Å². The van der Waals surface area contributed by atoms with Crippen LogP contribution in [-0.2, 0) is 0 Å². The van der Waals surface area contributed by atoms with Gasteiger partial charge >= 0.3 is 0 Å². The molecule has 0 aliphatic rings. The molecule has 1 aromatic heterocycles. The summed E-state index contributed by atoms with van der Waals surface area (Å²) in [5, 5.41) is 11.9. The number of anilines is 1. The molecule has 0 aliphatic heterocycles. The molecular weight excluding hydrogens is 224 g/mol. The van der Waals surface area contributed by atoms with Crippen molar-refractivity contribution in [3.05, 3.63) is 18.0 Å². The number of aromatic nitrogens is 2. The highest BCUT2D eigenvalue weighted by atomic mass is 15.1. The van der Waals surface area contributed by atoms with Crippen LogP contribution in [0.3, 0.4) is 0 Å². The highest BCUT2D eigenvalue weighted by Gasteiger charge is 1.98. The molecule has 1 heterocycles. The molecule has 1 rings (SSSR count). The van der Waals surface area contributed by atoms with Crippen LogP contribution in [0.1, 0.15) is 51.6 Å². The van der Waals surface area contributed by atoms with E-state index in [0.717, 1.165) is 18.9 Å². The molecule has 0 radical (unpaired) electrons. The zero-order chi connectivity index (χ0) is 13.2. The van der Waals surface area contributed by atoms with Gasteiger partial charge in [-0.2, -0.15) is 5.26 Å². The minimum Gasteiger partial charge on any atom is -0.354 e.